The number of nitrogens with zero attached hydrogens (tertiary/aromatic N) is 2. The Morgan fingerprint density at radius 2 is 1.96 bits per heavy atom. The highest BCUT2D eigenvalue weighted by Gasteiger charge is 2.27. The van der Waals surface area contributed by atoms with Gasteiger partial charge in [0.2, 0.25) is 0 Å². The minimum absolute atomic E-state index is 0.0176. The second-order valence-corrected chi connectivity index (χ2v) is 6.72. The summed E-state index contributed by atoms with van der Waals surface area (Å²) in [4.78, 5) is 28.5. The van der Waals surface area contributed by atoms with Crippen molar-refractivity contribution in [3.05, 3.63) is 65.5 Å². The van der Waals surface area contributed by atoms with E-state index in [0.717, 1.165) is 12.0 Å². The minimum atomic E-state index is -0.321. The summed E-state index contributed by atoms with van der Waals surface area (Å²) in [5.74, 6) is -0.560. The van der Waals surface area contributed by atoms with Gasteiger partial charge in [0, 0.05) is 44.0 Å². The molecule has 148 valence electrons. The number of benzene rings is 2. The maximum absolute atomic E-state index is 13.4. The summed E-state index contributed by atoms with van der Waals surface area (Å²) >= 11 is 0. The first-order valence-corrected chi connectivity index (χ1v) is 9.38. The molecule has 0 spiro atoms. The summed E-state index contributed by atoms with van der Waals surface area (Å²) in [5.41, 5.74) is 1.86. The first-order valence-electron chi connectivity index (χ1n) is 9.38. The van der Waals surface area contributed by atoms with Gasteiger partial charge in [-0.15, -0.1) is 0 Å². The topological polar surface area (TPSA) is 72.9 Å². The largest absolute Gasteiger partial charge is 0.396 e. The number of hydrogen-bond donors (Lipinski definition) is 2. The van der Waals surface area contributed by atoms with Crippen LogP contribution < -0.4 is 10.2 Å². The van der Waals surface area contributed by atoms with Crippen LogP contribution in [0.2, 0.25) is 0 Å². The number of urea groups is 1. The van der Waals surface area contributed by atoms with Gasteiger partial charge in [0.15, 0.2) is 0 Å². The minimum Gasteiger partial charge on any atom is -0.396 e. The molecule has 1 aliphatic heterocycles. The highest BCUT2D eigenvalue weighted by Crippen LogP contribution is 2.23. The van der Waals surface area contributed by atoms with E-state index in [0.29, 0.717) is 43.9 Å². The number of anilines is 1. The molecule has 0 aromatic heterocycles. The summed E-state index contributed by atoms with van der Waals surface area (Å²) in [6, 6.07) is 13.0. The molecule has 28 heavy (non-hydrogen) atoms. The Morgan fingerprint density at radius 1 is 1.14 bits per heavy atom. The lowest BCUT2D eigenvalue weighted by Crippen LogP contribution is -2.49. The molecule has 0 aliphatic carbocycles. The Kier molecular flexibility index (Phi) is 6.60. The quantitative estimate of drug-likeness (QED) is 0.720. The molecular formula is C21H24FN3O3. The molecule has 7 heteroatoms. The molecule has 2 aromatic rings. The molecular weight excluding hydrogens is 361 g/mol. The standard InChI is InChI=1S/C21H24FN3O3/c22-18-7-1-5-16(13-18)15-24-10-4-11-25(21(24)28)19-8-2-6-17(14-19)20(27)23-9-3-12-26/h1-2,5-8,13-14,26H,3-4,9-12,15H2,(H,23,27). The summed E-state index contributed by atoms with van der Waals surface area (Å²) in [7, 11) is 0. The lowest BCUT2D eigenvalue weighted by atomic mass is 10.1. The van der Waals surface area contributed by atoms with E-state index in [1.54, 1.807) is 46.2 Å². The fourth-order valence-electron chi connectivity index (χ4n) is 3.22. The van der Waals surface area contributed by atoms with Gasteiger partial charge in [0.05, 0.1) is 0 Å². The zero-order valence-electron chi connectivity index (χ0n) is 15.6. The van der Waals surface area contributed by atoms with Crippen LogP contribution in [0, 0.1) is 5.82 Å². The fourth-order valence-corrected chi connectivity index (χ4v) is 3.22. The van der Waals surface area contributed by atoms with Crippen LogP contribution in [-0.4, -0.2) is 48.2 Å². The first-order chi connectivity index (χ1) is 13.6. The van der Waals surface area contributed by atoms with E-state index in [-0.39, 0.29) is 24.4 Å². The van der Waals surface area contributed by atoms with Crippen molar-refractivity contribution in [2.45, 2.75) is 19.4 Å². The Labute approximate surface area is 163 Å². The van der Waals surface area contributed by atoms with Crippen LogP contribution in [0.1, 0.15) is 28.8 Å². The number of carbonyl (C=O) groups excluding carboxylic acids is 2. The van der Waals surface area contributed by atoms with Gasteiger partial charge in [-0.3, -0.25) is 9.69 Å². The normalized spacial score (nSPS) is 14.3. The van der Waals surface area contributed by atoms with E-state index in [4.69, 9.17) is 5.11 Å². The first kappa shape index (κ1) is 19.8. The summed E-state index contributed by atoms with van der Waals surface area (Å²) in [6.07, 6.45) is 1.28. The van der Waals surface area contributed by atoms with E-state index in [1.807, 2.05) is 0 Å². The maximum Gasteiger partial charge on any atom is 0.324 e. The zero-order chi connectivity index (χ0) is 19.9. The van der Waals surface area contributed by atoms with Gasteiger partial charge in [-0.05, 0) is 48.7 Å². The third-order valence-corrected chi connectivity index (χ3v) is 4.61. The van der Waals surface area contributed by atoms with Gasteiger partial charge < -0.3 is 15.3 Å². The lowest BCUT2D eigenvalue weighted by molar-refractivity contribution is 0.0951. The van der Waals surface area contributed by atoms with Crippen molar-refractivity contribution in [2.75, 3.05) is 31.1 Å². The number of nitrogens with one attached hydrogen (secondary N) is 1. The summed E-state index contributed by atoms with van der Waals surface area (Å²) in [5, 5.41) is 11.6. The van der Waals surface area contributed by atoms with Crippen LogP contribution in [0.5, 0.6) is 0 Å². The van der Waals surface area contributed by atoms with Crippen molar-refractivity contribution in [1.82, 2.24) is 10.2 Å². The number of amides is 3. The van der Waals surface area contributed by atoms with Crippen molar-refractivity contribution in [2.24, 2.45) is 0 Å². The van der Waals surface area contributed by atoms with E-state index >= 15 is 0 Å². The third-order valence-electron chi connectivity index (χ3n) is 4.61. The highest BCUT2D eigenvalue weighted by molar-refractivity contribution is 5.98. The molecule has 2 N–H and O–H groups in total. The van der Waals surface area contributed by atoms with Crippen LogP contribution in [0.25, 0.3) is 0 Å². The molecule has 1 fully saturated rings. The monoisotopic (exact) mass is 385 g/mol. The molecule has 0 radical (unpaired) electrons. The molecule has 1 aliphatic rings. The van der Waals surface area contributed by atoms with Crippen LogP contribution in [0.4, 0.5) is 14.9 Å². The number of aliphatic hydroxyl groups excluding tert-OH is 1. The third kappa shape index (κ3) is 4.86. The van der Waals surface area contributed by atoms with Crippen molar-refractivity contribution < 1.29 is 19.1 Å². The predicted octanol–water partition coefficient (Wildman–Crippen LogP) is 2.77. The van der Waals surface area contributed by atoms with Crippen LogP contribution in [0.3, 0.4) is 0 Å². The Balaban J connectivity index is 1.71. The van der Waals surface area contributed by atoms with E-state index in [9.17, 15) is 14.0 Å². The maximum atomic E-state index is 13.4. The van der Waals surface area contributed by atoms with Gasteiger partial charge in [-0.2, -0.15) is 0 Å². The van der Waals surface area contributed by atoms with Crippen LogP contribution >= 0.6 is 0 Å². The molecule has 0 bridgehead atoms. The highest BCUT2D eigenvalue weighted by atomic mass is 19.1. The molecule has 3 amide bonds. The fraction of sp³-hybridized carbons (Fsp3) is 0.333. The molecule has 1 heterocycles. The van der Waals surface area contributed by atoms with Crippen molar-refractivity contribution in [3.8, 4) is 0 Å². The molecule has 0 atom stereocenters. The average Bonchev–Trinajstić information content (AvgIpc) is 2.70. The van der Waals surface area contributed by atoms with Gasteiger partial charge in [0.1, 0.15) is 5.82 Å². The molecule has 0 saturated carbocycles. The average molecular weight is 385 g/mol. The number of halogens is 1. The number of carbonyl (C=O) groups is 2. The van der Waals surface area contributed by atoms with Gasteiger partial charge >= 0.3 is 6.03 Å². The van der Waals surface area contributed by atoms with E-state index < -0.39 is 0 Å². The molecule has 1 saturated heterocycles. The molecule has 2 aromatic carbocycles. The van der Waals surface area contributed by atoms with Crippen molar-refractivity contribution in [1.29, 1.82) is 0 Å². The molecule has 3 rings (SSSR count). The Hall–Kier alpha value is -2.93. The smallest absolute Gasteiger partial charge is 0.324 e. The second-order valence-electron chi connectivity index (χ2n) is 6.72. The van der Waals surface area contributed by atoms with Crippen LogP contribution in [-0.2, 0) is 6.54 Å². The second kappa shape index (κ2) is 9.32. The molecule has 0 unspecified atom stereocenters. The van der Waals surface area contributed by atoms with Crippen LogP contribution in [0.15, 0.2) is 48.5 Å². The number of aliphatic hydroxyl groups is 1. The lowest BCUT2D eigenvalue weighted by Gasteiger charge is -2.35. The summed E-state index contributed by atoms with van der Waals surface area (Å²) < 4.78 is 13.4. The Bertz CT molecular complexity index is 843. The van der Waals surface area contributed by atoms with E-state index in [1.165, 1.54) is 12.1 Å². The summed E-state index contributed by atoms with van der Waals surface area (Å²) in [6.45, 7) is 1.92. The number of hydrogen-bond acceptors (Lipinski definition) is 3. The van der Waals surface area contributed by atoms with Crippen molar-refractivity contribution in [3.63, 3.8) is 0 Å². The molecule has 6 nitrogen and oxygen atoms in total. The Morgan fingerprint density at radius 3 is 2.75 bits per heavy atom. The SMILES string of the molecule is O=C(NCCCO)c1cccc(N2CCCN(Cc3cccc(F)c3)C2=O)c1. The predicted molar refractivity (Wildman–Crippen MR) is 105 cm³/mol. The van der Waals surface area contributed by atoms with E-state index in [2.05, 4.69) is 5.32 Å². The van der Waals surface area contributed by atoms with Gasteiger partial charge in [-0.25, -0.2) is 9.18 Å². The van der Waals surface area contributed by atoms with Gasteiger partial charge in [-0.1, -0.05) is 18.2 Å². The van der Waals surface area contributed by atoms with Gasteiger partial charge in [0.25, 0.3) is 5.91 Å². The zero-order valence-corrected chi connectivity index (χ0v) is 15.6. The van der Waals surface area contributed by atoms with Crippen molar-refractivity contribution >= 4 is 17.6 Å². The number of rotatable bonds is 7.